The summed E-state index contributed by atoms with van der Waals surface area (Å²) in [4.78, 5) is 7.87. The van der Waals surface area contributed by atoms with Gasteiger partial charge in [0.05, 0.1) is 5.69 Å². The van der Waals surface area contributed by atoms with Crippen molar-refractivity contribution < 1.29 is 0 Å². The third-order valence-electron chi connectivity index (χ3n) is 3.46. The lowest BCUT2D eigenvalue weighted by Crippen LogP contribution is -1.90. The normalized spacial score (nSPS) is 10.9. The maximum Gasteiger partial charge on any atom is 0.182 e. The lowest BCUT2D eigenvalue weighted by atomic mass is 10.2. The van der Waals surface area contributed by atoms with Gasteiger partial charge in [-0.25, -0.2) is 4.98 Å². The van der Waals surface area contributed by atoms with E-state index in [-0.39, 0.29) is 0 Å². The number of nitrogen functional groups attached to an aromatic ring is 1. The average molecular weight is 306 g/mol. The van der Waals surface area contributed by atoms with E-state index in [0.717, 1.165) is 33.0 Å². The van der Waals surface area contributed by atoms with E-state index in [1.807, 2.05) is 42.5 Å². The zero-order valence-electron chi connectivity index (χ0n) is 11.7. The number of aromatic amines is 1. The summed E-state index contributed by atoms with van der Waals surface area (Å²) in [6, 6.07) is 20.3. The summed E-state index contributed by atoms with van der Waals surface area (Å²) in [5, 5.41) is 6.04. The SMILES string of the molecule is Nc1nc(-c2cc3ccccc3[nH]2)c(Nc2ccccc2)s1. The van der Waals surface area contributed by atoms with Gasteiger partial charge in [0.25, 0.3) is 0 Å². The lowest BCUT2D eigenvalue weighted by Gasteiger charge is -2.04. The Morgan fingerprint density at radius 2 is 1.77 bits per heavy atom. The average Bonchev–Trinajstić information content (AvgIpc) is 3.11. The Morgan fingerprint density at radius 3 is 2.59 bits per heavy atom. The maximum atomic E-state index is 5.92. The number of hydrogen-bond donors (Lipinski definition) is 3. The van der Waals surface area contributed by atoms with Crippen LogP contribution < -0.4 is 11.1 Å². The van der Waals surface area contributed by atoms with Gasteiger partial charge in [-0.2, -0.15) is 0 Å². The Labute approximate surface area is 131 Å². The number of aromatic nitrogens is 2. The molecule has 5 heteroatoms. The number of hydrogen-bond acceptors (Lipinski definition) is 4. The van der Waals surface area contributed by atoms with E-state index in [1.54, 1.807) is 0 Å². The summed E-state index contributed by atoms with van der Waals surface area (Å²) < 4.78 is 0. The Bertz CT molecular complexity index is 891. The zero-order chi connectivity index (χ0) is 14.9. The van der Waals surface area contributed by atoms with Crippen molar-refractivity contribution in [2.45, 2.75) is 0 Å². The first-order valence-corrected chi connectivity index (χ1v) is 7.78. The van der Waals surface area contributed by atoms with Crippen LogP contribution in [0.2, 0.25) is 0 Å². The summed E-state index contributed by atoms with van der Waals surface area (Å²) in [5.74, 6) is 0. The summed E-state index contributed by atoms with van der Waals surface area (Å²) in [6.45, 7) is 0. The van der Waals surface area contributed by atoms with Crippen LogP contribution in [0, 0.1) is 0 Å². The molecule has 0 amide bonds. The number of rotatable bonds is 3. The number of nitrogens with one attached hydrogen (secondary N) is 2. The molecule has 4 aromatic rings. The van der Waals surface area contributed by atoms with Crippen molar-refractivity contribution in [1.82, 2.24) is 9.97 Å². The number of anilines is 3. The van der Waals surface area contributed by atoms with E-state index in [4.69, 9.17) is 5.73 Å². The molecule has 0 fully saturated rings. The smallest absolute Gasteiger partial charge is 0.182 e. The van der Waals surface area contributed by atoms with Crippen LogP contribution in [0.15, 0.2) is 60.7 Å². The van der Waals surface area contributed by atoms with E-state index in [9.17, 15) is 0 Å². The lowest BCUT2D eigenvalue weighted by molar-refractivity contribution is 1.35. The fourth-order valence-electron chi connectivity index (χ4n) is 2.46. The number of nitrogens with two attached hydrogens (primary N) is 1. The standard InChI is InChI=1S/C17H14N4S/c18-17-21-15(14-10-11-6-4-5-9-13(11)20-14)16(22-17)19-12-7-2-1-3-8-12/h1-10,19-20H,(H2,18,21). The minimum Gasteiger partial charge on any atom is -0.375 e. The fraction of sp³-hybridized carbons (Fsp3) is 0. The van der Waals surface area contributed by atoms with Crippen LogP contribution in [-0.2, 0) is 0 Å². The highest BCUT2D eigenvalue weighted by atomic mass is 32.1. The first-order valence-electron chi connectivity index (χ1n) is 6.96. The monoisotopic (exact) mass is 306 g/mol. The van der Waals surface area contributed by atoms with Crippen LogP contribution in [0.1, 0.15) is 0 Å². The molecule has 0 unspecified atom stereocenters. The first kappa shape index (κ1) is 12.9. The molecule has 0 atom stereocenters. The predicted octanol–water partition coefficient (Wildman–Crippen LogP) is 4.62. The topological polar surface area (TPSA) is 66.7 Å². The van der Waals surface area contributed by atoms with Gasteiger partial charge in [-0.1, -0.05) is 47.7 Å². The predicted molar refractivity (Wildman–Crippen MR) is 93.5 cm³/mol. The van der Waals surface area contributed by atoms with Crippen molar-refractivity contribution >= 4 is 38.1 Å². The highest BCUT2D eigenvalue weighted by molar-refractivity contribution is 7.19. The summed E-state index contributed by atoms with van der Waals surface area (Å²) in [5.41, 5.74) is 9.84. The molecule has 0 spiro atoms. The van der Waals surface area contributed by atoms with Gasteiger partial charge in [0, 0.05) is 16.6 Å². The highest BCUT2D eigenvalue weighted by Crippen LogP contribution is 2.37. The fourth-order valence-corrected chi connectivity index (χ4v) is 3.22. The van der Waals surface area contributed by atoms with Crippen molar-refractivity contribution in [3.05, 3.63) is 60.7 Å². The van der Waals surface area contributed by atoms with Gasteiger partial charge < -0.3 is 16.0 Å². The van der Waals surface area contributed by atoms with Crippen LogP contribution in [0.4, 0.5) is 15.8 Å². The summed E-state index contributed by atoms with van der Waals surface area (Å²) in [6.07, 6.45) is 0. The Hall–Kier alpha value is -2.79. The number of fused-ring (bicyclic) bond motifs is 1. The van der Waals surface area contributed by atoms with Crippen molar-refractivity contribution in [2.24, 2.45) is 0 Å². The molecular formula is C17H14N4S. The number of thiazole rings is 1. The zero-order valence-corrected chi connectivity index (χ0v) is 12.5. The minimum atomic E-state index is 0.548. The van der Waals surface area contributed by atoms with Crippen LogP contribution in [0.5, 0.6) is 0 Å². The largest absolute Gasteiger partial charge is 0.375 e. The molecule has 0 aliphatic rings. The van der Waals surface area contributed by atoms with Gasteiger partial charge in [0.2, 0.25) is 0 Å². The Morgan fingerprint density at radius 1 is 1.00 bits per heavy atom. The van der Waals surface area contributed by atoms with Gasteiger partial charge in [-0.15, -0.1) is 0 Å². The first-order chi connectivity index (χ1) is 10.8. The number of nitrogens with zero attached hydrogens (tertiary/aromatic N) is 1. The number of para-hydroxylation sites is 2. The van der Waals surface area contributed by atoms with Crippen molar-refractivity contribution in [2.75, 3.05) is 11.1 Å². The molecule has 0 saturated carbocycles. The van der Waals surface area contributed by atoms with E-state index in [2.05, 4.69) is 33.5 Å². The molecule has 22 heavy (non-hydrogen) atoms. The molecule has 2 aromatic carbocycles. The molecule has 4 nitrogen and oxygen atoms in total. The Kier molecular flexibility index (Phi) is 3.05. The van der Waals surface area contributed by atoms with Crippen LogP contribution >= 0.6 is 11.3 Å². The second kappa shape index (κ2) is 5.20. The minimum absolute atomic E-state index is 0.548. The summed E-state index contributed by atoms with van der Waals surface area (Å²) in [7, 11) is 0. The number of H-pyrrole nitrogens is 1. The molecular weight excluding hydrogens is 292 g/mol. The van der Waals surface area contributed by atoms with Crippen molar-refractivity contribution in [3.8, 4) is 11.4 Å². The molecule has 2 aromatic heterocycles. The molecule has 2 heterocycles. The second-order valence-electron chi connectivity index (χ2n) is 4.99. The van der Waals surface area contributed by atoms with Gasteiger partial charge in [0.15, 0.2) is 5.13 Å². The van der Waals surface area contributed by atoms with Crippen LogP contribution in [0.25, 0.3) is 22.3 Å². The quantitative estimate of drug-likeness (QED) is 0.517. The van der Waals surface area contributed by atoms with Crippen molar-refractivity contribution in [3.63, 3.8) is 0 Å². The van der Waals surface area contributed by atoms with Crippen LogP contribution in [-0.4, -0.2) is 9.97 Å². The van der Waals surface area contributed by atoms with Gasteiger partial charge in [-0.05, 0) is 24.3 Å². The van der Waals surface area contributed by atoms with Gasteiger partial charge in [-0.3, -0.25) is 0 Å². The van der Waals surface area contributed by atoms with Crippen molar-refractivity contribution in [1.29, 1.82) is 0 Å². The van der Waals surface area contributed by atoms with Gasteiger partial charge in [0.1, 0.15) is 10.7 Å². The Balaban J connectivity index is 1.78. The second-order valence-corrected chi connectivity index (χ2v) is 6.02. The molecule has 4 rings (SSSR count). The molecule has 0 saturated heterocycles. The van der Waals surface area contributed by atoms with E-state index >= 15 is 0 Å². The van der Waals surface area contributed by atoms with Gasteiger partial charge >= 0.3 is 0 Å². The molecule has 4 N–H and O–H groups in total. The van der Waals surface area contributed by atoms with E-state index in [1.165, 1.54) is 11.3 Å². The third-order valence-corrected chi connectivity index (χ3v) is 4.26. The van der Waals surface area contributed by atoms with E-state index < -0.39 is 0 Å². The third kappa shape index (κ3) is 2.31. The van der Waals surface area contributed by atoms with Crippen LogP contribution in [0.3, 0.4) is 0 Å². The highest BCUT2D eigenvalue weighted by Gasteiger charge is 2.14. The maximum absolute atomic E-state index is 5.92. The summed E-state index contributed by atoms with van der Waals surface area (Å²) >= 11 is 1.45. The van der Waals surface area contributed by atoms with E-state index in [0.29, 0.717) is 5.13 Å². The number of benzene rings is 2. The molecule has 0 bridgehead atoms. The molecule has 0 aliphatic heterocycles. The molecule has 108 valence electrons. The molecule has 0 radical (unpaired) electrons. The molecule has 0 aliphatic carbocycles.